The number of carbonyl (C=O) groups is 1. The van der Waals surface area contributed by atoms with Crippen LogP contribution in [0.4, 0.5) is 0 Å². The summed E-state index contributed by atoms with van der Waals surface area (Å²) in [6, 6.07) is 15.3. The van der Waals surface area contributed by atoms with Crippen LogP contribution >= 0.6 is 0 Å². The highest BCUT2D eigenvalue weighted by atomic mass is 16.5. The molecule has 6 nitrogen and oxygen atoms in total. The average molecular weight is 353 g/mol. The van der Waals surface area contributed by atoms with Crippen LogP contribution < -0.4 is 4.74 Å². The largest absolute Gasteiger partial charge is 0.481 e. The first-order valence-electron chi connectivity index (χ1n) is 8.04. The van der Waals surface area contributed by atoms with Crippen molar-refractivity contribution < 1.29 is 24.5 Å². The Labute approximate surface area is 150 Å². The van der Waals surface area contributed by atoms with Crippen LogP contribution in [-0.4, -0.2) is 35.4 Å². The zero-order valence-corrected chi connectivity index (χ0v) is 14.4. The molecular weight excluding hydrogens is 334 g/mol. The number of ether oxygens (including phenoxy) is 2. The number of nitrogens with zero attached hydrogens (tertiary/aromatic N) is 1. The first-order chi connectivity index (χ1) is 12.6. The third-order valence-electron chi connectivity index (χ3n) is 4.24. The molecule has 3 rings (SSSR count). The molecule has 1 heterocycles. The van der Waals surface area contributed by atoms with Crippen molar-refractivity contribution in [1.29, 1.82) is 0 Å². The summed E-state index contributed by atoms with van der Waals surface area (Å²) in [7, 11) is 2.78. The lowest BCUT2D eigenvalue weighted by molar-refractivity contribution is 0.0180. The Morgan fingerprint density at radius 1 is 0.962 bits per heavy atom. The van der Waals surface area contributed by atoms with E-state index in [0.29, 0.717) is 33.5 Å². The van der Waals surface area contributed by atoms with Gasteiger partial charge in [-0.05, 0) is 17.7 Å². The Morgan fingerprint density at radius 2 is 1.69 bits per heavy atom. The molecule has 0 aliphatic carbocycles. The summed E-state index contributed by atoms with van der Waals surface area (Å²) in [5.74, 6) is -0.172. The van der Waals surface area contributed by atoms with Crippen molar-refractivity contribution in [3.8, 4) is 5.88 Å². The number of rotatable bonds is 5. The third-order valence-corrected chi connectivity index (χ3v) is 4.24. The Hall–Kier alpha value is -2.96. The summed E-state index contributed by atoms with van der Waals surface area (Å²) < 4.78 is 9.97. The van der Waals surface area contributed by atoms with Crippen LogP contribution in [-0.2, 0) is 4.74 Å². The number of benzene rings is 2. The smallest absolute Gasteiger partial charge is 0.338 e. The quantitative estimate of drug-likeness (QED) is 0.686. The molecule has 0 bridgehead atoms. The van der Waals surface area contributed by atoms with Crippen LogP contribution in [0.15, 0.2) is 54.6 Å². The van der Waals surface area contributed by atoms with E-state index in [4.69, 9.17) is 9.47 Å². The van der Waals surface area contributed by atoms with E-state index < -0.39 is 18.2 Å². The molecule has 2 N–H and O–H groups in total. The van der Waals surface area contributed by atoms with Gasteiger partial charge in [-0.15, -0.1) is 0 Å². The molecule has 2 aromatic carbocycles. The van der Waals surface area contributed by atoms with E-state index in [2.05, 4.69) is 4.98 Å². The molecule has 6 heteroatoms. The minimum absolute atomic E-state index is 0.322. The van der Waals surface area contributed by atoms with Gasteiger partial charge in [0.25, 0.3) is 0 Å². The fraction of sp³-hybridized carbons (Fsp3) is 0.200. The molecule has 0 fully saturated rings. The van der Waals surface area contributed by atoms with Gasteiger partial charge in [-0.3, -0.25) is 0 Å². The van der Waals surface area contributed by atoms with Gasteiger partial charge in [0.05, 0.1) is 25.3 Å². The number of pyridine rings is 1. The second-order valence-corrected chi connectivity index (χ2v) is 5.74. The zero-order valence-electron chi connectivity index (χ0n) is 14.4. The lowest BCUT2D eigenvalue weighted by atomic mass is 9.94. The molecule has 0 aliphatic rings. The fourth-order valence-corrected chi connectivity index (χ4v) is 2.86. The van der Waals surface area contributed by atoms with Gasteiger partial charge >= 0.3 is 5.97 Å². The number of aromatic nitrogens is 1. The van der Waals surface area contributed by atoms with Crippen LogP contribution in [0, 0.1) is 0 Å². The highest BCUT2D eigenvalue weighted by Gasteiger charge is 2.25. The van der Waals surface area contributed by atoms with Crippen molar-refractivity contribution in [2.24, 2.45) is 0 Å². The third kappa shape index (κ3) is 3.24. The van der Waals surface area contributed by atoms with E-state index in [9.17, 15) is 15.0 Å². The minimum Gasteiger partial charge on any atom is -0.481 e. The summed E-state index contributed by atoms with van der Waals surface area (Å²) in [4.78, 5) is 16.4. The highest BCUT2D eigenvalue weighted by Crippen LogP contribution is 2.34. The molecule has 26 heavy (non-hydrogen) atoms. The van der Waals surface area contributed by atoms with E-state index in [-0.39, 0.29) is 0 Å². The molecule has 0 saturated carbocycles. The zero-order chi connectivity index (χ0) is 18.7. The molecule has 134 valence electrons. The molecule has 0 radical (unpaired) electrons. The number of fused-ring (bicyclic) bond motifs is 1. The Balaban J connectivity index is 2.14. The number of aliphatic hydroxyl groups is 2. The van der Waals surface area contributed by atoms with Crippen molar-refractivity contribution in [3.63, 3.8) is 0 Å². The van der Waals surface area contributed by atoms with Crippen molar-refractivity contribution in [2.75, 3.05) is 14.2 Å². The lowest BCUT2D eigenvalue weighted by Gasteiger charge is -2.20. The lowest BCUT2D eigenvalue weighted by Crippen LogP contribution is -2.12. The Bertz CT molecular complexity index is 926. The topological polar surface area (TPSA) is 88.9 Å². The van der Waals surface area contributed by atoms with Gasteiger partial charge in [0.2, 0.25) is 5.88 Å². The van der Waals surface area contributed by atoms with Crippen molar-refractivity contribution >= 4 is 16.9 Å². The van der Waals surface area contributed by atoms with Gasteiger partial charge in [0.15, 0.2) is 0 Å². The molecule has 2 atom stereocenters. The molecule has 0 aliphatic heterocycles. The predicted molar refractivity (Wildman–Crippen MR) is 96.0 cm³/mol. The number of methoxy groups -OCH3 is 2. The summed E-state index contributed by atoms with van der Waals surface area (Å²) in [5.41, 5.74) is 1.66. The van der Waals surface area contributed by atoms with Crippen LogP contribution in [0.25, 0.3) is 10.9 Å². The van der Waals surface area contributed by atoms with Gasteiger partial charge in [-0.2, -0.15) is 0 Å². The van der Waals surface area contributed by atoms with Crippen LogP contribution in [0.3, 0.4) is 0 Å². The maximum absolute atomic E-state index is 12.0. The maximum Gasteiger partial charge on any atom is 0.338 e. The summed E-state index contributed by atoms with van der Waals surface area (Å²) in [6.45, 7) is 0. The number of esters is 1. The van der Waals surface area contributed by atoms with Gasteiger partial charge in [-0.1, -0.05) is 36.4 Å². The van der Waals surface area contributed by atoms with Crippen molar-refractivity contribution in [2.45, 2.75) is 12.2 Å². The van der Waals surface area contributed by atoms with Crippen LogP contribution in [0.5, 0.6) is 5.88 Å². The summed E-state index contributed by atoms with van der Waals surface area (Å²) >= 11 is 0. The highest BCUT2D eigenvalue weighted by molar-refractivity contribution is 6.04. The molecular formula is C20H19NO5. The Morgan fingerprint density at radius 3 is 2.35 bits per heavy atom. The number of hydrogen-bond donors (Lipinski definition) is 2. The second kappa shape index (κ2) is 7.51. The normalized spacial score (nSPS) is 13.2. The van der Waals surface area contributed by atoms with E-state index in [1.807, 2.05) is 6.07 Å². The van der Waals surface area contributed by atoms with E-state index in [1.165, 1.54) is 14.2 Å². The van der Waals surface area contributed by atoms with Crippen LogP contribution in [0.2, 0.25) is 0 Å². The first-order valence-corrected chi connectivity index (χ1v) is 8.04. The number of hydrogen-bond acceptors (Lipinski definition) is 6. The molecule has 1 aromatic heterocycles. The van der Waals surface area contributed by atoms with E-state index in [0.717, 1.165) is 0 Å². The molecule has 0 spiro atoms. The van der Waals surface area contributed by atoms with E-state index in [1.54, 1.807) is 48.5 Å². The monoisotopic (exact) mass is 353 g/mol. The summed E-state index contributed by atoms with van der Waals surface area (Å²) in [6.07, 6.45) is -2.37. The molecule has 3 aromatic rings. The SMILES string of the molecule is COC(=O)c1ccc(C(O)C(O)c2ccccc2)c2nc(OC)ccc12. The second-order valence-electron chi connectivity index (χ2n) is 5.74. The summed E-state index contributed by atoms with van der Waals surface area (Å²) in [5, 5.41) is 21.8. The first kappa shape index (κ1) is 17.8. The molecule has 0 amide bonds. The average Bonchev–Trinajstić information content (AvgIpc) is 2.71. The van der Waals surface area contributed by atoms with Crippen molar-refractivity contribution in [3.05, 3.63) is 71.3 Å². The maximum atomic E-state index is 12.0. The van der Waals surface area contributed by atoms with Gasteiger partial charge in [0, 0.05) is 17.0 Å². The number of carbonyl (C=O) groups excluding carboxylic acids is 1. The van der Waals surface area contributed by atoms with Gasteiger partial charge < -0.3 is 19.7 Å². The van der Waals surface area contributed by atoms with Gasteiger partial charge in [-0.25, -0.2) is 9.78 Å². The van der Waals surface area contributed by atoms with Crippen molar-refractivity contribution in [1.82, 2.24) is 4.98 Å². The fourth-order valence-electron chi connectivity index (χ4n) is 2.86. The molecule has 2 unspecified atom stereocenters. The van der Waals surface area contributed by atoms with Gasteiger partial charge in [0.1, 0.15) is 12.2 Å². The Kier molecular flexibility index (Phi) is 5.16. The minimum atomic E-state index is -1.23. The number of aliphatic hydroxyl groups excluding tert-OH is 2. The van der Waals surface area contributed by atoms with E-state index >= 15 is 0 Å². The van der Waals surface area contributed by atoms with Crippen LogP contribution in [0.1, 0.15) is 33.7 Å². The predicted octanol–water partition coefficient (Wildman–Crippen LogP) is 2.80. The molecule has 0 saturated heterocycles. The standard InChI is InChI=1S/C20H19NO5/c1-25-16-11-10-13-14(20(24)26-2)8-9-15(17(13)21-16)19(23)18(22)12-6-4-3-5-7-12/h3-11,18-19,22-23H,1-2H3.